The first-order valence-electron chi connectivity index (χ1n) is 7.85. The van der Waals surface area contributed by atoms with Gasteiger partial charge < -0.3 is 9.84 Å². The predicted octanol–water partition coefficient (Wildman–Crippen LogP) is 4.61. The van der Waals surface area contributed by atoms with Crippen LogP contribution in [-0.4, -0.2) is 33.9 Å². The zero-order valence-corrected chi connectivity index (χ0v) is 17.2. The summed E-state index contributed by atoms with van der Waals surface area (Å²) >= 11 is 10.1. The SMILES string of the molecule is COc1cc(/C=C2\SC(=S)N(CCc3ccccc3)C2=O)c(Br)cc1O. The normalized spacial score (nSPS) is 15.8. The van der Waals surface area contributed by atoms with Gasteiger partial charge in [-0.25, -0.2) is 0 Å². The highest BCUT2D eigenvalue weighted by Gasteiger charge is 2.31. The summed E-state index contributed by atoms with van der Waals surface area (Å²) in [5.41, 5.74) is 1.90. The van der Waals surface area contributed by atoms with E-state index in [1.165, 1.54) is 18.9 Å². The minimum absolute atomic E-state index is 0.0342. The highest BCUT2D eigenvalue weighted by atomic mass is 79.9. The maximum absolute atomic E-state index is 12.7. The number of nitrogens with zero attached hydrogens (tertiary/aromatic N) is 1. The highest BCUT2D eigenvalue weighted by Crippen LogP contribution is 2.37. The van der Waals surface area contributed by atoms with Crippen LogP contribution in [0.3, 0.4) is 0 Å². The van der Waals surface area contributed by atoms with Crippen molar-refractivity contribution in [3.63, 3.8) is 0 Å². The number of amides is 1. The quantitative estimate of drug-likeness (QED) is 0.533. The van der Waals surface area contributed by atoms with E-state index in [1.807, 2.05) is 30.3 Å². The molecule has 1 heterocycles. The lowest BCUT2D eigenvalue weighted by atomic mass is 10.1. The van der Waals surface area contributed by atoms with Crippen LogP contribution in [0.1, 0.15) is 11.1 Å². The lowest BCUT2D eigenvalue weighted by molar-refractivity contribution is -0.122. The van der Waals surface area contributed by atoms with Crippen LogP contribution in [0.2, 0.25) is 0 Å². The Morgan fingerprint density at radius 2 is 2.04 bits per heavy atom. The molecular weight excluding hydrogens is 434 g/mol. The van der Waals surface area contributed by atoms with Gasteiger partial charge in [0.15, 0.2) is 11.5 Å². The van der Waals surface area contributed by atoms with Crippen molar-refractivity contribution in [3.05, 3.63) is 63.0 Å². The van der Waals surface area contributed by atoms with Gasteiger partial charge in [0.1, 0.15) is 4.32 Å². The second-order valence-electron chi connectivity index (χ2n) is 5.61. The third kappa shape index (κ3) is 4.11. The first kappa shape index (κ1) is 18.9. The van der Waals surface area contributed by atoms with Gasteiger partial charge in [-0.05, 0) is 35.8 Å². The summed E-state index contributed by atoms with van der Waals surface area (Å²) in [4.78, 5) is 14.9. The van der Waals surface area contributed by atoms with Gasteiger partial charge in [-0.2, -0.15) is 0 Å². The predicted molar refractivity (Wildman–Crippen MR) is 112 cm³/mol. The van der Waals surface area contributed by atoms with Crippen LogP contribution >= 0.6 is 39.9 Å². The van der Waals surface area contributed by atoms with E-state index in [9.17, 15) is 9.90 Å². The molecule has 26 heavy (non-hydrogen) atoms. The van der Waals surface area contributed by atoms with Crippen molar-refractivity contribution in [2.24, 2.45) is 0 Å². The van der Waals surface area contributed by atoms with Crippen molar-refractivity contribution in [2.45, 2.75) is 6.42 Å². The number of halogens is 1. The number of phenols is 1. The molecule has 3 rings (SSSR count). The van der Waals surface area contributed by atoms with Crippen LogP contribution < -0.4 is 4.74 Å². The molecule has 0 atom stereocenters. The summed E-state index contributed by atoms with van der Waals surface area (Å²) in [5.74, 6) is 0.279. The van der Waals surface area contributed by atoms with Crippen LogP contribution in [0, 0.1) is 0 Å². The summed E-state index contributed by atoms with van der Waals surface area (Å²) in [6, 6.07) is 13.2. The lowest BCUT2D eigenvalue weighted by Crippen LogP contribution is -2.30. The number of rotatable bonds is 5. The maximum Gasteiger partial charge on any atom is 0.266 e. The number of hydrogen-bond acceptors (Lipinski definition) is 5. The first-order chi connectivity index (χ1) is 12.5. The summed E-state index contributed by atoms with van der Waals surface area (Å²) in [5, 5.41) is 9.81. The van der Waals surface area contributed by atoms with Gasteiger partial charge in [-0.1, -0.05) is 70.2 Å². The molecule has 1 fully saturated rings. The molecular formula is C19H16BrNO3S2. The van der Waals surface area contributed by atoms with Crippen molar-refractivity contribution in [1.82, 2.24) is 4.90 Å². The molecule has 4 nitrogen and oxygen atoms in total. The lowest BCUT2D eigenvalue weighted by Gasteiger charge is -2.14. The molecule has 1 N–H and O–H groups in total. The standard InChI is InChI=1S/C19H16BrNO3S2/c1-24-16-9-13(14(20)11-15(16)22)10-17-18(23)21(19(25)26-17)8-7-12-5-3-2-4-6-12/h2-6,9-11,22H,7-8H2,1H3/b17-10-. The average Bonchev–Trinajstić information content (AvgIpc) is 2.89. The molecule has 2 aromatic carbocycles. The monoisotopic (exact) mass is 449 g/mol. The number of hydrogen-bond donors (Lipinski definition) is 1. The van der Waals surface area contributed by atoms with Gasteiger partial charge >= 0.3 is 0 Å². The summed E-state index contributed by atoms with van der Waals surface area (Å²) in [7, 11) is 1.48. The number of thioether (sulfide) groups is 1. The van der Waals surface area contributed by atoms with Crippen LogP contribution in [0.4, 0.5) is 0 Å². The second kappa shape index (κ2) is 8.24. The Balaban J connectivity index is 1.79. The van der Waals surface area contributed by atoms with Crippen LogP contribution in [-0.2, 0) is 11.2 Å². The Bertz CT molecular complexity index is 884. The molecule has 2 aromatic rings. The number of thiocarbonyl (C=S) groups is 1. The molecule has 0 radical (unpaired) electrons. The van der Waals surface area contributed by atoms with E-state index in [4.69, 9.17) is 17.0 Å². The number of carbonyl (C=O) groups excluding carboxylic acids is 1. The Morgan fingerprint density at radius 1 is 1.31 bits per heavy atom. The van der Waals surface area contributed by atoms with E-state index in [2.05, 4.69) is 15.9 Å². The first-order valence-corrected chi connectivity index (χ1v) is 9.87. The molecule has 1 aliphatic rings. The van der Waals surface area contributed by atoms with Gasteiger partial charge in [0, 0.05) is 11.0 Å². The van der Waals surface area contributed by atoms with Crippen LogP contribution in [0.15, 0.2) is 51.8 Å². The van der Waals surface area contributed by atoms with Crippen LogP contribution in [0.25, 0.3) is 6.08 Å². The second-order valence-corrected chi connectivity index (χ2v) is 8.14. The van der Waals surface area contributed by atoms with Gasteiger partial charge in [0.05, 0.1) is 12.0 Å². The van der Waals surface area contributed by atoms with E-state index >= 15 is 0 Å². The average molecular weight is 450 g/mol. The minimum Gasteiger partial charge on any atom is -0.504 e. The van der Waals surface area contributed by atoms with E-state index in [1.54, 1.807) is 23.1 Å². The number of methoxy groups -OCH3 is 1. The molecule has 0 saturated carbocycles. The molecule has 0 spiro atoms. The summed E-state index contributed by atoms with van der Waals surface area (Å²) in [6.07, 6.45) is 2.51. The summed E-state index contributed by atoms with van der Waals surface area (Å²) < 4.78 is 6.36. The highest BCUT2D eigenvalue weighted by molar-refractivity contribution is 9.10. The Labute approximate surface area is 170 Å². The fourth-order valence-corrected chi connectivity index (χ4v) is 4.30. The van der Waals surface area contributed by atoms with Gasteiger partial charge in [-0.3, -0.25) is 9.69 Å². The van der Waals surface area contributed by atoms with Crippen molar-refractivity contribution >= 4 is 56.2 Å². The molecule has 0 aromatic heterocycles. The van der Waals surface area contributed by atoms with Crippen molar-refractivity contribution in [1.29, 1.82) is 0 Å². The van der Waals surface area contributed by atoms with Crippen LogP contribution in [0.5, 0.6) is 11.5 Å². The molecule has 1 aliphatic heterocycles. The largest absolute Gasteiger partial charge is 0.504 e. The number of ether oxygens (including phenoxy) is 1. The van der Waals surface area contributed by atoms with Gasteiger partial charge in [-0.15, -0.1) is 0 Å². The van der Waals surface area contributed by atoms with E-state index < -0.39 is 0 Å². The van der Waals surface area contributed by atoms with Gasteiger partial charge in [0.25, 0.3) is 5.91 Å². The molecule has 1 saturated heterocycles. The Morgan fingerprint density at radius 3 is 2.73 bits per heavy atom. The van der Waals surface area contributed by atoms with E-state index in [0.29, 0.717) is 26.0 Å². The number of phenolic OH excluding ortho intramolecular Hbond substituents is 1. The fourth-order valence-electron chi connectivity index (χ4n) is 2.55. The number of carbonyl (C=O) groups is 1. The zero-order valence-electron chi connectivity index (χ0n) is 13.9. The number of aromatic hydroxyl groups is 1. The van der Waals surface area contributed by atoms with Gasteiger partial charge in [0.2, 0.25) is 0 Å². The van der Waals surface area contributed by atoms with Crippen molar-refractivity contribution < 1.29 is 14.6 Å². The molecule has 0 unspecified atom stereocenters. The third-order valence-electron chi connectivity index (χ3n) is 3.93. The van der Waals surface area contributed by atoms with E-state index in [-0.39, 0.29) is 11.7 Å². The van der Waals surface area contributed by atoms with Crippen molar-refractivity contribution in [3.8, 4) is 11.5 Å². The van der Waals surface area contributed by atoms with Crippen molar-refractivity contribution in [2.75, 3.05) is 13.7 Å². The maximum atomic E-state index is 12.7. The molecule has 0 aliphatic carbocycles. The molecule has 0 bridgehead atoms. The molecule has 134 valence electrons. The topological polar surface area (TPSA) is 49.8 Å². The smallest absolute Gasteiger partial charge is 0.266 e. The third-order valence-corrected chi connectivity index (χ3v) is 5.99. The van der Waals surface area contributed by atoms with E-state index in [0.717, 1.165) is 17.5 Å². The minimum atomic E-state index is -0.102. The fraction of sp³-hybridized carbons (Fsp3) is 0.158. The Kier molecular flexibility index (Phi) is 6.01. The Hall–Kier alpha value is -1.83. The molecule has 7 heteroatoms. The zero-order chi connectivity index (χ0) is 18.7. The molecule has 1 amide bonds. The summed E-state index contributed by atoms with van der Waals surface area (Å²) in [6.45, 7) is 0.548. The number of benzene rings is 2.